The first-order valence-electron chi connectivity index (χ1n) is 3.92. The van der Waals surface area contributed by atoms with Crippen LogP contribution in [0.5, 0.6) is 0 Å². The number of nitrogens with two attached hydrogens (primary N) is 1. The number of nitrogens with zero attached hydrogens (tertiary/aromatic N) is 1. The van der Waals surface area contributed by atoms with Crippen LogP contribution >= 0.6 is 0 Å². The van der Waals surface area contributed by atoms with E-state index in [4.69, 9.17) is 10.2 Å². The van der Waals surface area contributed by atoms with Gasteiger partial charge < -0.3 is 15.5 Å². The number of hydrogen-bond acceptors (Lipinski definition) is 4. The van der Waals surface area contributed by atoms with Crippen molar-refractivity contribution in [1.82, 2.24) is 10.3 Å². The van der Waals surface area contributed by atoms with Crippen LogP contribution in [0.2, 0.25) is 0 Å². The second-order valence-corrected chi connectivity index (χ2v) is 3.78. The Morgan fingerprint density at radius 2 is 2.25 bits per heavy atom. The average molecular weight is 169 g/mol. The molecular weight excluding hydrogens is 154 g/mol. The van der Waals surface area contributed by atoms with Crippen LogP contribution in [0, 0.1) is 0 Å². The summed E-state index contributed by atoms with van der Waals surface area (Å²) in [5, 5.41) is 3.27. The highest BCUT2D eigenvalue weighted by Gasteiger charge is 2.09. The summed E-state index contributed by atoms with van der Waals surface area (Å²) in [6.07, 6.45) is 1.56. The van der Waals surface area contributed by atoms with Gasteiger partial charge in [0.1, 0.15) is 6.26 Å². The molecule has 12 heavy (non-hydrogen) atoms. The molecule has 68 valence electrons. The Hall–Kier alpha value is -1.03. The highest BCUT2D eigenvalue weighted by molar-refractivity contribution is 5.12. The van der Waals surface area contributed by atoms with Crippen LogP contribution in [0.15, 0.2) is 10.7 Å². The molecule has 3 N–H and O–H groups in total. The SMILES string of the molecule is CC(C)(C)NCc1coc(N)n1. The normalized spacial score (nSPS) is 11.9. The Bertz CT molecular complexity index is 249. The number of nitrogens with one attached hydrogen (secondary N) is 1. The maximum atomic E-state index is 5.31. The van der Waals surface area contributed by atoms with Gasteiger partial charge in [0.05, 0.1) is 5.69 Å². The van der Waals surface area contributed by atoms with E-state index >= 15 is 0 Å². The van der Waals surface area contributed by atoms with Crippen LogP contribution in [-0.2, 0) is 6.54 Å². The molecule has 0 bridgehead atoms. The van der Waals surface area contributed by atoms with Gasteiger partial charge >= 0.3 is 0 Å². The lowest BCUT2D eigenvalue weighted by atomic mass is 10.1. The van der Waals surface area contributed by atoms with Gasteiger partial charge in [0.2, 0.25) is 0 Å². The summed E-state index contributed by atoms with van der Waals surface area (Å²) in [6.45, 7) is 6.97. The molecule has 1 aromatic rings. The molecule has 0 aliphatic rings. The first kappa shape index (κ1) is 9.06. The average Bonchev–Trinajstić information content (AvgIpc) is 2.30. The number of nitrogen functional groups attached to an aromatic ring is 1. The number of aromatic nitrogens is 1. The lowest BCUT2D eigenvalue weighted by Crippen LogP contribution is -2.35. The third-order valence-electron chi connectivity index (χ3n) is 1.37. The zero-order valence-corrected chi connectivity index (χ0v) is 7.72. The fraction of sp³-hybridized carbons (Fsp3) is 0.625. The van der Waals surface area contributed by atoms with Crippen molar-refractivity contribution in [2.24, 2.45) is 0 Å². The van der Waals surface area contributed by atoms with E-state index < -0.39 is 0 Å². The summed E-state index contributed by atoms with van der Waals surface area (Å²) in [7, 11) is 0. The first-order chi connectivity index (χ1) is 5.47. The molecule has 0 amide bonds. The van der Waals surface area contributed by atoms with E-state index in [1.165, 1.54) is 0 Å². The lowest BCUT2D eigenvalue weighted by Gasteiger charge is -2.19. The fourth-order valence-corrected chi connectivity index (χ4v) is 0.760. The second kappa shape index (κ2) is 3.15. The summed E-state index contributed by atoms with van der Waals surface area (Å²) in [5.41, 5.74) is 6.24. The molecule has 4 nitrogen and oxygen atoms in total. The predicted molar refractivity (Wildman–Crippen MR) is 47.5 cm³/mol. The summed E-state index contributed by atoms with van der Waals surface area (Å²) >= 11 is 0. The molecule has 0 aliphatic heterocycles. The Morgan fingerprint density at radius 3 is 2.67 bits per heavy atom. The minimum absolute atomic E-state index is 0.0910. The monoisotopic (exact) mass is 169 g/mol. The van der Waals surface area contributed by atoms with Crippen molar-refractivity contribution in [2.45, 2.75) is 32.9 Å². The predicted octanol–water partition coefficient (Wildman–Crippen LogP) is 1.14. The van der Waals surface area contributed by atoms with Gasteiger partial charge in [0.25, 0.3) is 6.01 Å². The molecule has 4 heteroatoms. The van der Waals surface area contributed by atoms with Crippen molar-refractivity contribution in [2.75, 3.05) is 5.73 Å². The van der Waals surface area contributed by atoms with Crippen molar-refractivity contribution in [3.05, 3.63) is 12.0 Å². The van der Waals surface area contributed by atoms with E-state index in [0.717, 1.165) is 5.69 Å². The fourth-order valence-electron chi connectivity index (χ4n) is 0.760. The van der Waals surface area contributed by atoms with Crippen LogP contribution in [0.25, 0.3) is 0 Å². The summed E-state index contributed by atoms with van der Waals surface area (Å²) in [6, 6.07) is 0.223. The van der Waals surface area contributed by atoms with Crippen LogP contribution in [-0.4, -0.2) is 10.5 Å². The molecule has 0 atom stereocenters. The third-order valence-corrected chi connectivity index (χ3v) is 1.37. The molecule has 1 rings (SSSR count). The Morgan fingerprint density at radius 1 is 1.58 bits per heavy atom. The topological polar surface area (TPSA) is 64.1 Å². The van der Waals surface area contributed by atoms with Crippen LogP contribution in [0.3, 0.4) is 0 Å². The van der Waals surface area contributed by atoms with E-state index in [2.05, 4.69) is 31.1 Å². The minimum atomic E-state index is 0.0910. The summed E-state index contributed by atoms with van der Waals surface area (Å²) in [4.78, 5) is 3.96. The smallest absolute Gasteiger partial charge is 0.292 e. The maximum absolute atomic E-state index is 5.31. The standard InChI is InChI=1S/C8H15N3O/c1-8(2,3)10-4-6-5-12-7(9)11-6/h5,10H,4H2,1-3H3,(H2,9,11). The number of anilines is 1. The molecule has 1 heterocycles. The largest absolute Gasteiger partial charge is 0.432 e. The van der Waals surface area contributed by atoms with Crippen molar-refractivity contribution in [1.29, 1.82) is 0 Å². The van der Waals surface area contributed by atoms with Gasteiger partial charge in [-0.15, -0.1) is 0 Å². The Labute approximate surface area is 72.2 Å². The van der Waals surface area contributed by atoms with Crippen molar-refractivity contribution < 1.29 is 4.42 Å². The van der Waals surface area contributed by atoms with Crippen LogP contribution < -0.4 is 11.1 Å². The van der Waals surface area contributed by atoms with Crippen molar-refractivity contribution >= 4 is 6.01 Å². The van der Waals surface area contributed by atoms with E-state index in [-0.39, 0.29) is 11.6 Å². The highest BCUT2D eigenvalue weighted by atomic mass is 16.4. The van der Waals surface area contributed by atoms with Crippen LogP contribution in [0.1, 0.15) is 26.5 Å². The highest BCUT2D eigenvalue weighted by Crippen LogP contribution is 2.05. The van der Waals surface area contributed by atoms with E-state index in [1.807, 2.05) is 0 Å². The van der Waals surface area contributed by atoms with Gasteiger partial charge in [-0.1, -0.05) is 0 Å². The molecule has 0 aliphatic carbocycles. The maximum Gasteiger partial charge on any atom is 0.292 e. The number of hydrogen-bond donors (Lipinski definition) is 2. The zero-order chi connectivity index (χ0) is 9.19. The molecule has 0 radical (unpaired) electrons. The molecule has 0 aromatic carbocycles. The number of rotatable bonds is 2. The lowest BCUT2D eigenvalue weighted by molar-refractivity contribution is 0.421. The van der Waals surface area contributed by atoms with E-state index in [1.54, 1.807) is 6.26 Å². The first-order valence-corrected chi connectivity index (χ1v) is 3.92. The van der Waals surface area contributed by atoms with Gasteiger partial charge in [-0.2, -0.15) is 4.98 Å². The quantitative estimate of drug-likeness (QED) is 0.697. The van der Waals surface area contributed by atoms with Gasteiger partial charge in [-0.25, -0.2) is 0 Å². The third kappa shape index (κ3) is 2.92. The van der Waals surface area contributed by atoms with Gasteiger partial charge in [-0.05, 0) is 20.8 Å². The Kier molecular flexibility index (Phi) is 2.38. The second-order valence-electron chi connectivity index (χ2n) is 3.78. The molecular formula is C8H15N3O. The van der Waals surface area contributed by atoms with Gasteiger partial charge in [0.15, 0.2) is 0 Å². The van der Waals surface area contributed by atoms with E-state index in [9.17, 15) is 0 Å². The molecule has 0 unspecified atom stereocenters. The molecule has 0 saturated heterocycles. The molecule has 0 saturated carbocycles. The van der Waals surface area contributed by atoms with Crippen molar-refractivity contribution in [3.63, 3.8) is 0 Å². The molecule has 1 aromatic heterocycles. The molecule has 0 fully saturated rings. The number of oxazole rings is 1. The summed E-state index contributed by atoms with van der Waals surface area (Å²) in [5.74, 6) is 0. The van der Waals surface area contributed by atoms with Gasteiger partial charge in [0, 0.05) is 12.1 Å². The van der Waals surface area contributed by atoms with Gasteiger partial charge in [-0.3, -0.25) is 0 Å². The van der Waals surface area contributed by atoms with Crippen molar-refractivity contribution in [3.8, 4) is 0 Å². The Balaban J connectivity index is 2.44. The molecule has 0 spiro atoms. The minimum Gasteiger partial charge on any atom is -0.432 e. The van der Waals surface area contributed by atoms with Crippen LogP contribution in [0.4, 0.5) is 6.01 Å². The summed E-state index contributed by atoms with van der Waals surface area (Å²) < 4.78 is 4.86. The zero-order valence-electron chi connectivity index (χ0n) is 7.72. The van der Waals surface area contributed by atoms with E-state index in [0.29, 0.717) is 6.54 Å².